The third kappa shape index (κ3) is 5.91. The summed E-state index contributed by atoms with van der Waals surface area (Å²) in [5.74, 6) is -0.114. The maximum atomic E-state index is 12.0. The van der Waals surface area contributed by atoms with Crippen LogP contribution in [0.2, 0.25) is 0 Å². The lowest BCUT2D eigenvalue weighted by Gasteiger charge is -2.34. The lowest BCUT2D eigenvalue weighted by molar-refractivity contribution is -0.149. The molecule has 4 rings (SSSR count). The Morgan fingerprint density at radius 1 is 0.933 bits per heavy atom. The van der Waals surface area contributed by atoms with E-state index in [4.69, 9.17) is 14.2 Å². The molecule has 5 heteroatoms. The standard InChI is InChI=1S/C25H31NO4/c27-24(29-23-14-18-28-19-23)13-17-26-15-11-22(12-16-26)30-25(20-7-3-1-4-8-20)21-9-5-2-6-10-21/h1-10,22-23,25H,11-19H2. The largest absolute Gasteiger partial charge is 0.460 e. The third-order valence-electron chi connectivity index (χ3n) is 5.89. The predicted molar refractivity (Wildman–Crippen MR) is 115 cm³/mol. The summed E-state index contributed by atoms with van der Waals surface area (Å²) in [4.78, 5) is 14.4. The SMILES string of the molecule is O=C(CCN1CCC(OC(c2ccccc2)c2ccccc2)CC1)OC1CCOC1. The zero-order valence-electron chi connectivity index (χ0n) is 17.4. The van der Waals surface area contributed by atoms with E-state index >= 15 is 0 Å². The number of hydrogen-bond acceptors (Lipinski definition) is 5. The minimum Gasteiger partial charge on any atom is -0.460 e. The van der Waals surface area contributed by atoms with Gasteiger partial charge in [0, 0.05) is 26.1 Å². The van der Waals surface area contributed by atoms with Crippen LogP contribution in [0.25, 0.3) is 0 Å². The van der Waals surface area contributed by atoms with Gasteiger partial charge in [0.05, 0.1) is 25.7 Å². The number of likely N-dealkylation sites (tertiary alicyclic amines) is 1. The van der Waals surface area contributed by atoms with Gasteiger partial charge in [0.15, 0.2) is 0 Å². The van der Waals surface area contributed by atoms with Crippen LogP contribution in [0.15, 0.2) is 60.7 Å². The number of ether oxygens (including phenoxy) is 3. The van der Waals surface area contributed by atoms with E-state index in [9.17, 15) is 4.79 Å². The van der Waals surface area contributed by atoms with E-state index in [0.29, 0.717) is 19.6 Å². The van der Waals surface area contributed by atoms with Crippen LogP contribution < -0.4 is 0 Å². The molecule has 0 N–H and O–H groups in total. The highest BCUT2D eigenvalue weighted by atomic mass is 16.6. The molecule has 0 aliphatic carbocycles. The highest BCUT2D eigenvalue weighted by Crippen LogP contribution is 2.30. The molecule has 2 saturated heterocycles. The fraction of sp³-hybridized carbons (Fsp3) is 0.480. The van der Waals surface area contributed by atoms with Crippen LogP contribution >= 0.6 is 0 Å². The monoisotopic (exact) mass is 409 g/mol. The quantitative estimate of drug-likeness (QED) is 0.617. The zero-order chi connectivity index (χ0) is 20.6. The van der Waals surface area contributed by atoms with E-state index in [1.165, 1.54) is 11.1 Å². The maximum Gasteiger partial charge on any atom is 0.307 e. The van der Waals surface area contributed by atoms with Gasteiger partial charge in [-0.2, -0.15) is 0 Å². The smallest absolute Gasteiger partial charge is 0.307 e. The highest BCUT2D eigenvalue weighted by molar-refractivity contribution is 5.69. The van der Waals surface area contributed by atoms with Crippen molar-refractivity contribution in [1.29, 1.82) is 0 Å². The lowest BCUT2D eigenvalue weighted by Crippen LogP contribution is -2.39. The van der Waals surface area contributed by atoms with Gasteiger partial charge in [-0.05, 0) is 24.0 Å². The van der Waals surface area contributed by atoms with E-state index in [0.717, 1.165) is 38.9 Å². The van der Waals surface area contributed by atoms with Gasteiger partial charge in [0.1, 0.15) is 12.2 Å². The molecule has 2 fully saturated rings. The molecule has 2 heterocycles. The van der Waals surface area contributed by atoms with Crippen molar-refractivity contribution in [3.63, 3.8) is 0 Å². The Kier molecular flexibility index (Phi) is 7.51. The zero-order valence-corrected chi connectivity index (χ0v) is 17.4. The molecule has 0 aromatic heterocycles. The normalized spacial score (nSPS) is 20.5. The van der Waals surface area contributed by atoms with Gasteiger partial charge in [-0.15, -0.1) is 0 Å². The van der Waals surface area contributed by atoms with Gasteiger partial charge < -0.3 is 19.1 Å². The van der Waals surface area contributed by atoms with Gasteiger partial charge in [0.25, 0.3) is 0 Å². The van der Waals surface area contributed by atoms with Crippen molar-refractivity contribution in [3.8, 4) is 0 Å². The number of esters is 1. The molecule has 0 amide bonds. The Hall–Kier alpha value is -2.21. The van der Waals surface area contributed by atoms with Crippen LogP contribution in [-0.2, 0) is 19.0 Å². The number of piperidine rings is 1. The Morgan fingerprint density at radius 2 is 1.57 bits per heavy atom. The van der Waals surface area contributed by atoms with Crippen LogP contribution in [0.1, 0.15) is 42.9 Å². The summed E-state index contributed by atoms with van der Waals surface area (Å²) in [5, 5.41) is 0. The molecule has 0 radical (unpaired) electrons. The first-order valence-corrected chi connectivity index (χ1v) is 11.0. The number of benzene rings is 2. The van der Waals surface area contributed by atoms with Crippen molar-refractivity contribution in [3.05, 3.63) is 71.8 Å². The van der Waals surface area contributed by atoms with Crippen molar-refractivity contribution in [2.45, 2.75) is 44.0 Å². The molecule has 0 saturated carbocycles. The van der Waals surface area contributed by atoms with E-state index < -0.39 is 0 Å². The summed E-state index contributed by atoms with van der Waals surface area (Å²) < 4.78 is 17.3. The van der Waals surface area contributed by atoms with E-state index in [1.54, 1.807) is 0 Å². The molecule has 2 aromatic carbocycles. The average Bonchev–Trinajstić information content (AvgIpc) is 3.31. The molecule has 2 aliphatic heterocycles. The second-order valence-corrected chi connectivity index (χ2v) is 8.10. The maximum absolute atomic E-state index is 12.0. The summed E-state index contributed by atoms with van der Waals surface area (Å²) in [6.07, 6.45) is 3.33. The predicted octanol–water partition coefficient (Wildman–Crippen LogP) is 3.98. The van der Waals surface area contributed by atoms with Crippen LogP contribution in [0.5, 0.6) is 0 Å². The number of carbonyl (C=O) groups excluding carboxylic acids is 1. The molecular formula is C25H31NO4. The lowest BCUT2D eigenvalue weighted by atomic mass is 10.00. The Balaban J connectivity index is 1.26. The van der Waals surface area contributed by atoms with E-state index in [2.05, 4.69) is 53.4 Å². The average molecular weight is 410 g/mol. The van der Waals surface area contributed by atoms with Gasteiger partial charge in [-0.25, -0.2) is 0 Å². The van der Waals surface area contributed by atoms with Crippen LogP contribution in [-0.4, -0.2) is 55.9 Å². The van der Waals surface area contributed by atoms with Crippen LogP contribution in [0, 0.1) is 0 Å². The van der Waals surface area contributed by atoms with Crippen molar-refractivity contribution in [2.75, 3.05) is 32.8 Å². The molecule has 160 valence electrons. The summed E-state index contributed by atoms with van der Waals surface area (Å²) in [6, 6.07) is 20.9. The van der Waals surface area contributed by atoms with Crippen LogP contribution in [0.4, 0.5) is 0 Å². The summed E-state index contributed by atoms with van der Waals surface area (Å²) in [6.45, 7) is 3.87. The third-order valence-corrected chi connectivity index (χ3v) is 5.89. The minimum atomic E-state index is -0.114. The highest BCUT2D eigenvalue weighted by Gasteiger charge is 2.25. The van der Waals surface area contributed by atoms with Gasteiger partial charge in [0.2, 0.25) is 0 Å². The second-order valence-electron chi connectivity index (χ2n) is 8.10. The van der Waals surface area contributed by atoms with Gasteiger partial charge in [-0.3, -0.25) is 4.79 Å². The number of hydrogen-bond donors (Lipinski definition) is 0. The Labute approximate surface area is 178 Å². The van der Waals surface area contributed by atoms with E-state index in [-0.39, 0.29) is 24.3 Å². The first-order valence-electron chi connectivity index (χ1n) is 11.0. The fourth-order valence-electron chi connectivity index (χ4n) is 4.17. The van der Waals surface area contributed by atoms with Crippen molar-refractivity contribution < 1.29 is 19.0 Å². The van der Waals surface area contributed by atoms with Crippen molar-refractivity contribution in [2.24, 2.45) is 0 Å². The van der Waals surface area contributed by atoms with Crippen LogP contribution in [0.3, 0.4) is 0 Å². The molecule has 30 heavy (non-hydrogen) atoms. The summed E-state index contributed by atoms with van der Waals surface area (Å²) >= 11 is 0. The fourth-order valence-corrected chi connectivity index (χ4v) is 4.17. The molecular weight excluding hydrogens is 378 g/mol. The first kappa shape index (κ1) is 21.0. The molecule has 0 spiro atoms. The first-order chi connectivity index (χ1) is 14.8. The number of nitrogens with zero attached hydrogens (tertiary/aromatic N) is 1. The summed E-state index contributed by atoms with van der Waals surface area (Å²) in [7, 11) is 0. The topological polar surface area (TPSA) is 48.0 Å². The second kappa shape index (κ2) is 10.7. The molecule has 1 unspecified atom stereocenters. The van der Waals surface area contributed by atoms with Crippen molar-refractivity contribution >= 4 is 5.97 Å². The minimum absolute atomic E-state index is 0.0486. The molecule has 2 aliphatic rings. The number of carbonyl (C=O) groups is 1. The molecule has 0 bridgehead atoms. The number of rotatable bonds is 8. The summed E-state index contributed by atoms with van der Waals surface area (Å²) in [5.41, 5.74) is 2.37. The molecule has 2 aromatic rings. The van der Waals surface area contributed by atoms with Gasteiger partial charge >= 0.3 is 5.97 Å². The molecule has 5 nitrogen and oxygen atoms in total. The Bertz CT molecular complexity index is 729. The van der Waals surface area contributed by atoms with Gasteiger partial charge in [-0.1, -0.05) is 60.7 Å². The molecule has 1 atom stereocenters. The Morgan fingerprint density at radius 3 is 2.13 bits per heavy atom. The van der Waals surface area contributed by atoms with E-state index in [1.807, 2.05) is 12.1 Å². The van der Waals surface area contributed by atoms with Crippen molar-refractivity contribution in [1.82, 2.24) is 4.90 Å².